The standard InChI is InChI=1S/C17H29N3O/c1-6-18-17(20-12-13(2)3)19-10-9-15-11-14(4)7-8-16(15)21-5/h7-8,11,13H,6,9-10,12H2,1-5H3,(H2,18,19,20). The Morgan fingerprint density at radius 3 is 2.67 bits per heavy atom. The van der Waals surface area contributed by atoms with Crippen LogP contribution in [0, 0.1) is 12.8 Å². The van der Waals surface area contributed by atoms with Crippen molar-refractivity contribution in [2.75, 3.05) is 26.7 Å². The van der Waals surface area contributed by atoms with E-state index in [2.05, 4.69) is 55.5 Å². The third kappa shape index (κ3) is 6.52. The Morgan fingerprint density at radius 1 is 1.29 bits per heavy atom. The van der Waals surface area contributed by atoms with Gasteiger partial charge >= 0.3 is 0 Å². The fraction of sp³-hybridized carbons (Fsp3) is 0.588. The van der Waals surface area contributed by atoms with Gasteiger partial charge in [-0.25, -0.2) is 0 Å². The van der Waals surface area contributed by atoms with Crippen LogP contribution in [0.2, 0.25) is 0 Å². The van der Waals surface area contributed by atoms with Crippen molar-refractivity contribution in [1.29, 1.82) is 0 Å². The van der Waals surface area contributed by atoms with Crippen molar-refractivity contribution in [3.8, 4) is 5.75 Å². The van der Waals surface area contributed by atoms with Gasteiger partial charge in [0, 0.05) is 19.6 Å². The Kier molecular flexibility index (Phi) is 7.65. The summed E-state index contributed by atoms with van der Waals surface area (Å²) < 4.78 is 5.41. The minimum Gasteiger partial charge on any atom is -0.496 e. The van der Waals surface area contributed by atoms with Crippen LogP contribution in [-0.2, 0) is 6.42 Å². The van der Waals surface area contributed by atoms with Gasteiger partial charge in [-0.15, -0.1) is 0 Å². The van der Waals surface area contributed by atoms with Gasteiger partial charge < -0.3 is 15.4 Å². The average Bonchev–Trinajstić information content (AvgIpc) is 2.45. The lowest BCUT2D eigenvalue weighted by Gasteiger charge is -2.13. The molecule has 4 heteroatoms. The number of aliphatic imine (C=N–C) groups is 1. The van der Waals surface area contributed by atoms with Crippen molar-refractivity contribution < 1.29 is 4.74 Å². The van der Waals surface area contributed by atoms with Crippen molar-refractivity contribution in [2.24, 2.45) is 10.9 Å². The monoisotopic (exact) mass is 291 g/mol. The molecule has 0 aliphatic heterocycles. The van der Waals surface area contributed by atoms with E-state index in [9.17, 15) is 0 Å². The Morgan fingerprint density at radius 2 is 2.05 bits per heavy atom. The molecular weight excluding hydrogens is 262 g/mol. The summed E-state index contributed by atoms with van der Waals surface area (Å²) in [5.41, 5.74) is 2.48. The highest BCUT2D eigenvalue weighted by Crippen LogP contribution is 2.19. The molecule has 0 atom stereocenters. The highest BCUT2D eigenvalue weighted by molar-refractivity contribution is 5.79. The summed E-state index contributed by atoms with van der Waals surface area (Å²) in [6.07, 6.45) is 0.914. The molecule has 0 aromatic heterocycles. The van der Waals surface area contributed by atoms with Crippen LogP contribution in [0.25, 0.3) is 0 Å². The van der Waals surface area contributed by atoms with E-state index in [-0.39, 0.29) is 0 Å². The summed E-state index contributed by atoms with van der Waals surface area (Å²) in [7, 11) is 1.72. The second kappa shape index (κ2) is 9.27. The maximum absolute atomic E-state index is 5.41. The molecule has 0 radical (unpaired) electrons. The normalized spacial score (nSPS) is 11.6. The summed E-state index contributed by atoms with van der Waals surface area (Å²) in [6, 6.07) is 6.28. The number of nitrogens with zero attached hydrogens (tertiary/aromatic N) is 1. The van der Waals surface area contributed by atoms with E-state index in [0.717, 1.165) is 37.8 Å². The summed E-state index contributed by atoms with van der Waals surface area (Å²) in [4.78, 5) is 4.57. The van der Waals surface area contributed by atoms with Gasteiger partial charge in [-0.3, -0.25) is 4.99 Å². The first kappa shape index (κ1) is 17.3. The minimum absolute atomic E-state index is 0.567. The van der Waals surface area contributed by atoms with Gasteiger partial charge in [0.05, 0.1) is 7.11 Å². The molecule has 0 spiro atoms. The summed E-state index contributed by atoms with van der Waals surface area (Å²) >= 11 is 0. The minimum atomic E-state index is 0.567. The van der Waals surface area contributed by atoms with E-state index in [1.165, 1.54) is 11.1 Å². The third-order valence-corrected chi connectivity index (χ3v) is 3.08. The van der Waals surface area contributed by atoms with Gasteiger partial charge in [0.25, 0.3) is 0 Å². The zero-order valence-electron chi connectivity index (χ0n) is 14.0. The first-order chi connectivity index (χ1) is 10.1. The van der Waals surface area contributed by atoms with Crippen molar-refractivity contribution in [3.63, 3.8) is 0 Å². The molecule has 0 unspecified atom stereocenters. The van der Waals surface area contributed by atoms with Gasteiger partial charge in [0.15, 0.2) is 5.96 Å². The lowest BCUT2D eigenvalue weighted by Crippen LogP contribution is -2.38. The van der Waals surface area contributed by atoms with E-state index in [1.807, 2.05) is 6.07 Å². The Bertz CT molecular complexity index is 455. The fourth-order valence-corrected chi connectivity index (χ4v) is 2.03. The van der Waals surface area contributed by atoms with Gasteiger partial charge in [0.2, 0.25) is 0 Å². The summed E-state index contributed by atoms with van der Waals surface area (Å²) in [5, 5.41) is 6.65. The van der Waals surface area contributed by atoms with Crippen LogP contribution in [0.1, 0.15) is 31.9 Å². The molecule has 118 valence electrons. The van der Waals surface area contributed by atoms with Crippen LogP contribution in [0.3, 0.4) is 0 Å². The van der Waals surface area contributed by atoms with Crippen molar-refractivity contribution in [2.45, 2.75) is 34.1 Å². The highest BCUT2D eigenvalue weighted by Gasteiger charge is 2.04. The smallest absolute Gasteiger partial charge is 0.191 e. The third-order valence-electron chi connectivity index (χ3n) is 3.08. The number of rotatable bonds is 7. The summed E-state index contributed by atoms with van der Waals surface area (Å²) in [6.45, 7) is 11.1. The number of guanidine groups is 1. The lowest BCUT2D eigenvalue weighted by molar-refractivity contribution is 0.409. The SMILES string of the molecule is CCNC(=NCC(C)C)NCCc1cc(C)ccc1OC. The summed E-state index contributed by atoms with van der Waals surface area (Å²) in [5.74, 6) is 2.40. The zero-order valence-corrected chi connectivity index (χ0v) is 14.0. The number of hydrogen-bond donors (Lipinski definition) is 2. The molecule has 0 aliphatic carbocycles. The number of benzene rings is 1. The number of ether oxygens (including phenoxy) is 1. The molecule has 0 aliphatic rings. The largest absolute Gasteiger partial charge is 0.496 e. The predicted molar refractivity (Wildman–Crippen MR) is 90.3 cm³/mol. The zero-order chi connectivity index (χ0) is 15.7. The van der Waals surface area contributed by atoms with Crippen LogP contribution in [0.15, 0.2) is 23.2 Å². The molecule has 1 aromatic rings. The highest BCUT2D eigenvalue weighted by atomic mass is 16.5. The number of methoxy groups -OCH3 is 1. The fourth-order valence-electron chi connectivity index (χ4n) is 2.03. The van der Waals surface area contributed by atoms with Crippen LogP contribution >= 0.6 is 0 Å². The van der Waals surface area contributed by atoms with Crippen molar-refractivity contribution >= 4 is 5.96 Å². The molecule has 2 N–H and O–H groups in total. The number of nitrogens with one attached hydrogen (secondary N) is 2. The topological polar surface area (TPSA) is 45.7 Å². The molecule has 0 bridgehead atoms. The molecule has 1 rings (SSSR count). The predicted octanol–water partition coefficient (Wildman–Crippen LogP) is 2.76. The lowest BCUT2D eigenvalue weighted by atomic mass is 10.1. The van der Waals surface area contributed by atoms with Crippen LogP contribution in [0.5, 0.6) is 5.75 Å². The molecule has 0 saturated carbocycles. The van der Waals surface area contributed by atoms with Crippen molar-refractivity contribution in [3.05, 3.63) is 29.3 Å². The van der Waals surface area contributed by atoms with E-state index in [1.54, 1.807) is 7.11 Å². The molecular formula is C17H29N3O. The van der Waals surface area contributed by atoms with E-state index in [4.69, 9.17) is 4.74 Å². The van der Waals surface area contributed by atoms with E-state index in [0.29, 0.717) is 5.92 Å². The van der Waals surface area contributed by atoms with E-state index >= 15 is 0 Å². The van der Waals surface area contributed by atoms with Crippen molar-refractivity contribution in [1.82, 2.24) is 10.6 Å². The van der Waals surface area contributed by atoms with Crippen LogP contribution in [0.4, 0.5) is 0 Å². The number of hydrogen-bond acceptors (Lipinski definition) is 2. The molecule has 0 saturated heterocycles. The molecule has 0 fully saturated rings. The second-order valence-electron chi connectivity index (χ2n) is 5.61. The molecule has 0 heterocycles. The first-order valence-electron chi connectivity index (χ1n) is 7.72. The molecule has 4 nitrogen and oxygen atoms in total. The Hall–Kier alpha value is -1.71. The van der Waals surface area contributed by atoms with Gasteiger partial charge in [-0.1, -0.05) is 31.5 Å². The quantitative estimate of drug-likeness (QED) is 0.600. The van der Waals surface area contributed by atoms with Gasteiger partial charge in [0.1, 0.15) is 5.75 Å². The molecule has 21 heavy (non-hydrogen) atoms. The van der Waals surface area contributed by atoms with Crippen LogP contribution in [-0.4, -0.2) is 32.7 Å². The number of aryl methyl sites for hydroxylation is 1. The van der Waals surface area contributed by atoms with Crippen LogP contribution < -0.4 is 15.4 Å². The maximum Gasteiger partial charge on any atom is 0.191 e. The van der Waals surface area contributed by atoms with Gasteiger partial charge in [-0.2, -0.15) is 0 Å². The first-order valence-corrected chi connectivity index (χ1v) is 7.72. The van der Waals surface area contributed by atoms with Gasteiger partial charge in [-0.05, 0) is 37.8 Å². The second-order valence-corrected chi connectivity index (χ2v) is 5.61. The Labute approximate surface area is 129 Å². The molecule has 0 amide bonds. The maximum atomic E-state index is 5.41. The average molecular weight is 291 g/mol. The van der Waals surface area contributed by atoms with E-state index < -0.39 is 0 Å². The molecule has 1 aromatic carbocycles. The Balaban J connectivity index is 2.57.